The largest absolute Gasteiger partial charge is 0.311 e. The van der Waals surface area contributed by atoms with Crippen LogP contribution < -0.4 is 5.32 Å². The van der Waals surface area contributed by atoms with Gasteiger partial charge in [-0.1, -0.05) is 28.1 Å². The molecule has 0 heterocycles. The van der Waals surface area contributed by atoms with Crippen molar-refractivity contribution in [2.24, 2.45) is 0 Å². The summed E-state index contributed by atoms with van der Waals surface area (Å²) in [6, 6.07) is 6.50. The molecule has 0 spiro atoms. The molecular weight excluding hydrogens is 269 g/mol. The van der Waals surface area contributed by atoms with Gasteiger partial charge in [-0.05, 0) is 44.4 Å². The van der Waals surface area contributed by atoms with Gasteiger partial charge in [0.1, 0.15) is 6.17 Å². The second-order valence-electron chi connectivity index (χ2n) is 4.32. The highest BCUT2D eigenvalue weighted by Crippen LogP contribution is 2.20. The van der Waals surface area contributed by atoms with Gasteiger partial charge in [-0.25, -0.2) is 4.39 Å². The van der Waals surface area contributed by atoms with Gasteiger partial charge in [0.15, 0.2) is 0 Å². The molecule has 1 rings (SSSR count). The van der Waals surface area contributed by atoms with Gasteiger partial charge < -0.3 is 5.32 Å². The molecule has 90 valence electrons. The minimum Gasteiger partial charge on any atom is -0.311 e. The summed E-state index contributed by atoms with van der Waals surface area (Å²) >= 11 is 3.52. The average molecular weight is 288 g/mol. The molecule has 0 aliphatic rings. The smallest absolute Gasteiger partial charge is 0.110 e. The van der Waals surface area contributed by atoms with Crippen LogP contribution in [0.15, 0.2) is 22.7 Å². The second-order valence-corrected chi connectivity index (χ2v) is 5.17. The van der Waals surface area contributed by atoms with Gasteiger partial charge in [-0.2, -0.15) is 0 Å². The first-order valence-corrected chi connectivity index (χ1v) is 6.41. The zero-order valence-corrected chi connectivity index (χ0v) is 11.6. The van der Waals surface area contributed by atoms with Crippen molar-refractivity contribution in [2.75, 3.05) is 6.54 Å². The molecule has 0 saturated heterocycles. The lowest BCUT2D eigenvalue weighted by Crippen LogP contribution is -2.32. The van der Waals surface area contributed by atoms with E-state index in [2.05, 4.69) is 41.2 Å². The Labute approximate surface area is 106 Å². The molecule has 1 aromatic carbocycles. The van der Waals surface area contributed by atoms with E-state index in [0.29, 0.717) is 12.6 Å². The van der Waals surface area contributed by atoms with Gasteiger partial charge in [0.05, 0.1) is 0 Å². The monoisotopic (exact) mass is 287 g/mol. The van der Waals surface area contributed by atoms with E-state index in [1.807, 2.05) is 12.1 Å². The highest BCUT2D eigenvalue weighted by Gasteiger charge is 2.08. The van der Waals surface area contributed by atoms with Crippen molar-refractivity contribution < 1.29 is 4.39 Å². The molecule has 16 heavy (non-hydrogen) atoms. The van der Waals surface area contributed by atoms with Crippen LogP contribution in [0.2, 0.25) is 0 Å². The maximum absolute atomic E-state index is 12.7. The molecule has 0 bridgehead atoms. The third-order valence-electron chi connectivity index (χ3n) is 2.65. The van der Waals surface area contributed by atoms with Crippen molar-refractivity contribution in [3.8, 4) is 0 Å². The average Bonchev–Trinajstić information content (AvgIpc) is 2.22. The lowest BCUT2D eigenvalue weighted by Gasteiger charge is -2.16. The first kappa shape index (κ1) is 13.7. The lowest BCUT2D eigenvalue weighted by molar-refractivity contribution is 0.331. The zero-order chi connectivity index (χ0) is 12.1. The summed E-state index contributed by atoms with van der Waals surface area (Å²) in [7, 11) is 0. The maximum Gasteiger partial charge on any atom is 0.110 e. The summed E-state index contributed by atoms with van der Waals surface area (Å²) < 4.78 is 13.8. The molecule has 0 aromatic heterocycles. The number of nitrogens with one attached hydrogen (secondary N) is 1. The second kappa shape index (κ2) is 6.36. The van der Waals surface area contributed by atoms with Crippen LogP contribution in [0.1, 0.15) is 25.0 Å². The van der Waals surface area contributed by atoms with Crippen molar-refractivity contribution in [3.05, 3.63) is 33.8 Å². The third-order valence-corrected chi connectivity index (χ3v) is 3.51. The number of rotatable bonds is 5. The lowest BCUT2D eigenvalue weighted by atomic mass is 10.0. The summed E-state index contributed by atoms with van der Waals surface area (Å²) in [5.41, 5.74) is 2.57. The van der Waals surface area contributed by atoms with Crippen LogP contribution in [0.25, 0.3) is 0 Å². The Morgan fingerprint density at radius 2 is 2.06 bits per heavy atom. The predicted octanol–water partition coefficient (Wildman–Crippen LogP) is 3.64. The first-order valence-electron chi connectivity index (χ1n) is 5.62. The van der Waals surface area contributed by atoms with Crippen LogP contribution in [-0.2, 0) is 6.42 Å². The molecule has 0 saturated carbocycles. The summed E-state index contributed by atoms with van der Waals surface area (Å²) in [4.78, 5) is 0. The molecule has 1 N–H and O–H groups in total. The first-order chi connectivity index (χ1) is 7.50. The Kier molecular flexibility index (Phi) is 5.42. The molecule has 1 unspecified atom stereocenters. The highest BCUT2D eigenvalue weighted by atomic mass is 79.9. The summed E-state index contributed by atoms with van der Waals surface area (Å²) in [5, 5.41) is 3.19. The van der Waals surface area contributed by atoms with Crippen LogP contribution in [0.4, 0.5) is 4.39 Å². The Morgan fingerprint density at radius 3 is 2.69 bits per heavy atom. The molecular formula is C13H19BrFN. The molecule has 0 aliphatic carbocycles. The van der Waals surface area contributed by atoms with Crippen molar-refractivity contribution in [1.29, 1.82) is 0 Å². The molecule has 0 radical (unpaired) electrons. The predicted molar refractivity (Wildman–Crippen MR) is 70.6 cm³/mol. The van der Waals surface area contributed by atoms with Crippen molar-refractivity contribution in [3.63, 3.8) is 0 Å². The van der Waals surface area contributed by atoms with Crippen LogP contribution in [0, 0.1) is 6.92 Å². The molecule has 0 amide bonds. The number of benzene rings is 1. The number of hydrogen-bond acceptors (Lipinski definition) is 1. The van der Waals surface area contributed by atoms with E-state index in [4.69, 9.17) is 0 Å². The Morgan fingerprint density at radius 1 is 1.38 bits per heavy atom. The standard InChI is InChI=1S/C13H19BrFN/c1-9(15)8-16-10(2)7-12-5-4-6-13(14)11(12)3/h4-6,9-10,16H,7-8H2,1-3H3/t9?,10-/m1/s1. The minimum atomic E-state index is -0.786. The summed E-state index contributed by atoms with van der Waals surface area (Å²) in [5.74, 6) is 0. The van der Waals surface area contributed by atoms with Crippen LogP contribution >= 0.6 is 15.9 Å². The van der Waals surface area contributed by atoms with Crippen LogP contribution in [0.3, 0.4) is 0 Å². The summed E-state index contributed by atoms with van der Waals surface area (Å²) in [6.07, 6.45) is 0.143. The van der Waals surface area contributed by atoms with E-state index in [0.717, 1.165) is 10.9 Å². The van der Waals surface area contributed by atoms with Gasteiger partial charge in [0.25, 0.3) is 0 Å². The molecule has 1 nitrogen and oxygen atoms in total. The van der Waals surface area contributed by atoms with Gasteiger partial charge in [0, 0.05) is 17.1 Å². The minimum absolute atomic E-state index is 0.297. The van der Waals surface area contributed by atoms with Gasteiger partial charge in [-0.15, -0.1) is 0 Å². The van der Waals surface area contributed by atoms with Crippen LogP contribution in [0.5, 0.6) is 0 Å². The van der Waals surface area contributed by atoms with Gasteiger partial charge in [0.2, 0.25) is 0 Å². The Bertz CT molecular complexity index is 339. The number of halogens is 2. The normalized spacial score (nSPS) is 14.8. The van der Waals surface area contributed by atoms with Gasteiger partial charge >= 0.3 is 0 Å². The molecule has 3 heteroatoms. The molecule has 2 atom stereocenters. The fourth-order valence-corrected chi connectivity index (χ4v) is 2.05. The Hall–Kier alpha value is -0.410. The van der Waals surface area contributed by atoms with E-state index in [1.165, 1.54) is 11.1 Å². The SMILES string of the molecule is Cc1c(Br)cccc1C[C@@H](C)NCC(C)F. The Balaban J connectivity index is 2.56. The molecule has 1 aromatic rings. The molecule has 0 fully saturated rings. The van der Waals surface area contributed by atoms with Crippen molar-refractivity contribution in [2.45, 2.75) is 39.4 Å². The number of alkyl halides is 1. The zero-order valence-electron chi connectivity index (χ0n) is 10.1. The van der Waals surface area contributed by atoms with E-state index >= 15 is 0 Å². The van der Waals surface area contributed by atoms with E-state index in [1.54, 1.807) is 6.92 Å². The maximum atomic E-state index is 12.7. The van der Waals surface area contributed by atoms with Crippen LogP contribution in [-0.4, -0.2) is 18.8 Å². The fraction of sp³-hybridized carbons (Fsp3) is 0.538. The van der Waals surface area contributed by atoms with Crippen molar-refractivity contribution >= 4 is 15.9 Å². The van der Waals surface area contributed by atoms with E-state index in [-0.39, 0.29) is 0 Å². The number of hydrogen-bond donors (Lipinski definition) is 1. The highest BCUT2D eigenvalue weighted by molar-refractivity contribution is 9.10. The molecule has 0 aliphatic heterocycles. The van der Waals surface area contributed by atoms with E-state index in [9.17, 15) is 4.39 Å². The quantitative estimate of drug-likeness (QED) is 0.872. The van der Waals surface area contributed by atoms with Gasteiger partial charge in [-0.3, -0.25) is 0 Å². The van der Waals surface area contributed by atoms with Crippen molar-refractivity contribution in [1.82, 2.24) is 5.32 Å². The fourth-order valence-electron chi connectivity index (χ4n) is 1.64. The topological polar surface area (TPSA) is 12.0 Å². The van der Waals surface area contributed by atoms with E-state index < -0.39 is 6.17 Å². The summed E-state index contributed by atoms with van der Waals surface area (Å²) in [6.45, 7) is 6.19. The third kappa shape index (κ3) is 4.22.